The van der Waals surface area contributed by atoms with Crippen molar-refractivity contribution >= 4 is 11.6 Å². The van der Waals surface area contributed by atoms with Crippen LogP contribution >= 0.6 is 11.6 Å². The summed E-state index contributed by atoms with van der Waals surface area (Å²) in [5.41, 5.74) is 7.60. The van der Waals surface area contributed by atoms with Gasteiger partial charge in [-0.2, -0.15) is 0 Å². The molecule has 0 aliphatic carbocycles. The van der Waals surface area contributed by atoms with Crippen molar-refractivity contribution in [3.8, 4) is 0 Å². The molecule has 21 heavy (non-hydrogen) atoms. The first-order chi connectivity index (χ1) is 10.2. The van der Waals surface area contributed by atoms with Crippen LogP contribution in [0, 0.1) is 0 Å². The molecular weight excluding hydrogens is 284 g/mol. The van der Waals surface area contributed by atoms with Crippen molar-refractivity contribution < 1.29 is 5.11 Å². The number of hydrogen-bond acceptors (Lipinski definition) is 3. The van der Waals surface area contributed by atoms with Crippen LogP contribution in [0.1, 0.15) is 50.6 Å². The summed E-state index contributed by atoms with van der Waals surface area (Å²) in [6.07, 6.45) is 5.54. The molecule has 0 spiro atoms. The van der Waals surface area contributed by atoms with Crippen molar-refractivity contribution in [2.24, 2.45) is 5.73 Å². The van der Waals surface area contributed by atoms with Crippen LogP contribution in [0.2, 0.25) is 5.02 Å². The molecule has 1 heterocycles. The predicted octanol–water partition coefficient (Wildman–Crippen LogP) is 3.36. The average Bonchev–Trinajstić information content (AvgIpc) is 2.73. The summed E-state index contributed by atoms with van der Waals surface area (Å²) in [7, 11) is 0. The van der Waals surface area contributed by atoms with Gasteiger partial charge in [0.25, 0.3) is 0 Å². The summed E-state index contributed by atoms with van der Waals surface area (Å²) in [6.45, 7) is 3.32. The van der Waals surface area contributed by atoms with E-state index in [0.717, 1.165) is 30.0 Å². The zero-order valence-corrected chi connectivity index (χ0v) is 13.6. The van der Waals surface area contributed by atoms with Gasteiger partial charge in [-0.1, -0.05) is 43.5 Å². The fourth-order valence-electron chi connectivity index (χ4n) is 3.36. The van der Waals surface area contributed by atoms with Crippen molar-refractivity contribution in [3.05, 3.63) is 34.9 Å². The van der Waals surface area contributed by atoms with E-state index in [2.05, 4.69) is 17.9 Å². The van der Waals surface area contributed by atoms with Gasteiger partial charge >= 0.3 is 0 Å². The fourth-order valence-corrected chi connectivity index (χ4v) is 3.56. The number of benzene rings is 1. The van der Waals surface area contributed by atoms with Gasteiger partial charge in [0.1, 0.15) is 0 Å². The Hall–Kier alpha value is -0.610. The highest BCUT2D eigenvalue weighted by molar-refractivity contribution is 6.30. The second-order valence-electron chi connectivity index (χ2n) is 6.00. The number of aliphatic hydroxyl groups excluding tert-OH is 1. The third kappa shape index (κ3) is 4.19. The third-order valence-electron chi connectivity index (χ3n) is 4.56. The average molecular weight is 311 g/mol. The van der Waals surface area contributed by atoms with E-state index in [1.807, 2.05) is 18.2 Å². The lowest BCUT2D eigenvalue weighted by Crippen LogP contribution is -2.47. The second kappa shape index (κ2) is 8.14. The zero-order valence-electron chi connectivity index (χ0n) is 12.8. The molecule has 0 bridgehead atoms. The van der Waals surface area contributed by atoms with Crippen LogP contribution in [-0.2, 0) is 0 Å². The lowest BCUT2D eigenvalue weighted by Gasteiger charge is -2.39. The number of hydrogen-bond donors (Lipinski definition) is 2. The zero-order chi connectivity index (χ0) is 15.2. The Labute approximate surface area is 133 Å². The van der Waals surface area contributed by atoms with Gasteiger partial charge in [-0.15, -0.1) is 0 Å². The first-order valence-electron chi connectivity index (χ1n) is 8.05. The van der Waals surface area contributed by atoms with Crippen molar-refractivity contribution in [3.63, 3.8) is 0 Å². The van der Waals surface area contributed by atoms with Crippen LogP contribution in [0.25, 0.3) is 0 Å². The number of aliphatic hydroxyl groups is 1. The van der Waals surface area contributed by atoms with E-state index in [9.17, 15) is 5.11 Å². The van der Waals surface area contributed by atoms with Gasteiger partial charge in [-0.05, 0) is 43.5 Å². The van der Waals surface area contributed by atoms with Gasteiger partial charge in [0.15, 0.2) is 0 Å². The lowest BCUT2D eigenvalue weighted by atomic mass is 9.94. The summed E-state index contributed by atoms with van der Waals surface area (Å²) < 4.78 is 0. The van der Waals surface area contributed by atoms with E-state index < -0.39 is 0 Å². The molecular formula is C17H27ClN2O. The molecule has 1 saturated heterocycles. The summed E-state index contributed by atoms with van der Waals surface area (Å²) in [4.78, 5) is 2.41. The second-order valence-corrected chi connectivity index (χ2v) is 6.43. The van der Waals surface area contributed by atoms with Crippen molar-refractivity contribution in [1.29, 1.82) is 0 Å². The topological polar surface area (TPSA) is 49.5 Å². The summed E-state index contributed by atoms with van der Waals surface area (Å²) in [5, 5.41) is 10.5. The Morgan fingerprint density at radius 1 is 1.38 bits per heavy atom. The Balaban J connectivity index is 2.33. The summed E-state index contributed by atoms with van der Waals surface area (Å²) in [5.74, 6) is 0. The van der Waals surface area contributed by atoms with Crippen LogP contribution in [0.5, 0.6) is 0 Å². The van der Waals surface area contributed by atoms with E-state index >= 15 is 0 Å². The van der Waals surface area contributed by atoms with Gasteiger partial charge < -0.3 is 10.8 Å². The number of nitrogens with two attached hydrogens (primary N) is 1. The molecule has 0 amide bonds. The third-order valence-corrected chi connectivity index (χ3v) is 4.79. The Kier molecular flexibility index (Phi) is 6.49. The van der Waals surface area contributed by atoms with Crippen LogP contribution in [0.15, 0.2) is 24.3 Å². The van der Waals surface area contributed by atoms with E-state index in [0.29, 0.717) is 0 Å². The van der Waals surface area contributed by atoms with Crippen LogP contribution in [0.4, 0.5) is 0 Å². The van der Waals surface area contributed by atoms with Gasteiger partial charge in [0.2, 0.25) is 0 Å². The van der Waals surface area contributed by atoms with Crippen LogP contribution in [-0.4, -0.2) is 35.2 Å². The van der Waals surface area contributed by atoms with Gasteiger partial charge in [-0.25, -0.2) is 0 Å². The van der Waals surface area contributed by atoms with Gasteiger partial charge in [0, 0.05) is 17.1 Å². The number of rotatable bonds is 5. The highest BCUT2D eigenvalue weighted by Gasteiger charge is 2.31. The van der Waals surface area contributed by atoms with E-state index in [-0.39, 0.29) is 24.7 Å². The summed E-state index contributed by atoms with van der Waals surface area (Å²) >= 11 is 6.17. The van der Waals surface area contributed by atoms with E-state index in [1.165, 1.54) is 19.3 Å². The lowest BCUT2D eigenvalue weighted by molar-refractivity contribution is 0.0714. The molecule has 0 radical (unpaired) electrons. The Morgan fingerprint density at radius 2 is 2.19 bits per heavy atom. The Morgan fingerprint density at radius 3 is 2.86 bits per heavy atom. The molecule has 0 aromatic heterocycles. The normalized spacial score (nSPS) is 23.5. The highest BCUT2D eigenvalue weighted by Crippen LogP contribution is 2.32. The molecule has 1 fully saturated rings. The summed E-state index contributed by atoms with van der Waals surface area (Å²) in [6, 6.07) is 8.38. The van der Waals surface area contributed by atoms with E-state index in [4.69, 9.17) is 17.3 Å². The minimum Gasteiger partial charge on any atom is -0.395 e. The molecule has 3 atom stereocenters. The minimum absolute atomic E-state index is 0.0515. The van der Waals surface area contributed by atoms with Crippen LogP contribution < -0.4 is 5.73 Å². The van der Waals surface area contributed by atoms with E-state index in [1.54, 1.807) is 0 Å². The monoisotopic (exact) mass is 310 g/mol. The molecule has 1 aliphatic rings. The molecule has 1 aliphatic heterocycles. The first kappa shape index (κ1) is 16.8. The first-order valence-corrected chi connectivity index (χ1v) is 8.42. The predicted molar refractivity (Wildman–Crippen MR) is 88.5 cm³/mol. The largest absolute Gasteiger partial charge is 0.395 e. The molecule has 118 valence electrons. The van der Waals surface area contributed by atoms with Crippen molar-refractivity contribution in [2.45, 2.75) is 57.2 Å². The molecule has 1 aromatic rings. The molecule has 3 N–H and O–H groups in total. The van der Waals surface area contributed by atoms with Crippen molar-refractivity contribution in [1.82, 2.24) is 4.90 Å². The highest BCUT2D eigenvalue weighted by atomic mass is 35.5. The molecule has 1 aromatic carbocycles. The molecule has 0 saturated carbocycles. The molecule has 4 heteroatoms. The smallest absolute Gasteiger partial charge is 0.0587 e. The van der Waals surface area contributed by atoms with Crippen molar-refractivity contribution in [2.75, 3.05) is 13.2 Å². The minimum atomic E-state index is 0.0515. The maximum absolute atomic E-state index is 9.78. The number of halogens is 1. The molecule has 2 rings (SSSR count). The quantitative estimate of drug-likeness (QED) is 0.877. The maximum atomic E-state index is 9.78. The fraction of sp³-hybridized carbons (Fsp3) is 0.647. The van der Waals surface area contributed by atoms with Crippen LogP contribution in [0.3, 0.4) is 0 Å². The number of likely N-dealkylation sites (tertiary alicyclic amines) is 1. The SMILES string of the molecule is CCC(N)C(c1cccc(Cl)c1)N1CCCCCC1CO. The van der Waals surface area contributed by atoms with Gasteiger partial charge in [0.05, 0.1) is 12.6 Å². The Bertz CT molecular complexity index is 441. The maximum Gasteiger partial charge on any atom is 0.0587 e. The number of nitrogens with zero attached hydrogens (tertiary/aromatic N) is 1. The van der Waals surface area contributed by atoms with Gasteiger partial charge in [-0.3, -0.25) is 4.90 Å². The molecule has 3 nitrogen and oxygen atoms in total. The standard InChI is InChI=1S/C17H27ClN2O/c1-2-16(19)17(13-7-6-8-14(18)11-13)20-10-5-3-4-9-15(20)12-21/h6-8,11,15-17,21H,2-5,9-10,12,19H2,1H3. The molecule has 3 unspecified atom stereocenters.